The Morgan fingerprint density at radius 1 is 1.47 bits per heavy atom. The molecular formula is C9H14N4O3S. The van der Waals surface area contributed by atoms with Crippen LogP contribution < -0.4 is 5.73 Å². The Morgan fingerprint density at radius 2 is 2.18 bits per heavy atom. The second-order valence-electron chi connectivity index (χ2n) is 3.38. The van der Waals surface area contributed by atoms with Crippen LogP contribution >= 0.6 is 11.8 Å². The molecule has 0 aliphatic carbocycles. The zero-order chi connectivity index (χ0) is 12.8. The normalized spacial score (nSPS) is 10.4. The van der Waals surface area contributed by atoms with E-state index in [1.807, 2.05) is 6.92 Å². The molecule has 0 bridgehead atoms. The monoisotopic (exact) mass is 258 g/mol. The maximum absolute atomic E-state index is 10.9. The molecule has 1 heterocycles. The molecular weight excluding hydrogens is 244 g/mol. The Labute approximate surface area is 102 Å². The summed E-state index contributed by atoms with van der Waals surface area (Å²) in [6.45, 7) is 1.96. The number of aryl methyl sites for hydroxylation is 1. The Hall–Kier alpha value is -1.57. The summed E-state index contributed by atoms with van der Waals surface area (Å²) < 4.78 is 1.57. The lowest BCUT2D eigenvalue weighted by Gasteiger charge is -2.06. The zero-order valence-corrected chi connectivity index (χ0v) is 10.2. The summed E-state index contributed by atoms with van der Waals surface area (Å²) in [7, 11) is 0. The highest BCUT2D eigenvalue weighted by atomic mass is 32.2. The van der Waals surface area contributed by atoms with Crippen molar-refractivity contribution in [3.63, 3.8) is 0 Å². The number of carbonyl (C=O) groups excluding carboxylic acids is 1. The Morgan fingerprint density at radius 3 is 2.71 bits per heavy atom. The molecule has 0 aliphatic rings. The van der Waals surface area contributed by atoms with E-state index in [1.54, 1.807) is 4.57 Å². The average molecular weight is 258 g/mol. The fourth-order valence-corrected chi connectivity index (χ4v) is 1.95. The van der Waals surface area contributed by atoms with Gasteiger partial charge >= 0.3 is 5.97 Å². The standard InChI is InChI=1S/C9H14N4O3S/c1-2-3-7-11-12-9(17-5-8(15)16)13(7)4-6(10)14/h2-5H2,1H3,(H2,10,14)(H,15,16). The quantitative estimate of drug-likeness (QED) is 0.660. The van der Waals surface area contributed by atoms with Crippen LogP contribution in [0.25, 0.3) is 0 Å². The molecule has 0 saturated carbocycles. The van der Waals surface area contributed by atoms with Crippen LogP contribution in [-0.2, 0) is 22.6 Å². The van der Waals surface area contributed by atoms with E-state index in [-0.39, 0.29) is 12.3 Å². The van der Waals surface area contributed by atoms with Crippen molar-refractivity contribution < 1.29 is 14.7 Å². The number of carboxylic acids is 1. The van der Waals surface area contributed by atoms with Crippen molar-refractivity contribution in [3.05, 3.63) is 5.82 Å². The summed E-state index contributed by atoms with van der Waals surface area (Å²) in [5, 5.41) is 16.8. The first-order chi connectivity index (χ1) is 8.04. The van der Waals surface area contributed by atoms with Crippen LogP contribution in [0.2, 0.25) is 0 Å². The van der Waals surface area contributed by atoms with E-state index in [1.165, 1.54) is 0 Å². The van der Waals surface area contributed by atoms with Gasteiger partial charge in [0.1, 0.15) is 12.4 Å². The number of carboxylic acid groups (broad SMARTS) is 1. The fourth-order valence-electron chi connectivity index (χ4n) is 1.28. The number of thioether (sulfide) groups is 1. The molecule has 0 radical (unpaired) electrons. The molecule has 0 aliphatic heterocycles. The number of hydrogen-bond acceptors (Lipinski definition) is 5. The average Bonchev–Trinajstić information content (AvgIpc) is 2.58. The van der Waals surface area contributed by atoms with Crippen LogP contribution in [0.15, 0.2) is 5.16 Å². The summed E-state index contributed by atoms with van der Waals surface area (Å²) in [6.07, 6.45) is 1.54. The summed E-state index contributed by atoms with van der Waals surface area (Å²) in [5.74, 6) is -0.914. The van der Waals surface area contributed by atoms with Crippen LogP contribution in [0.1, 0.15) is 19.2 Å². The van der Waals surface area contributed by atoms with Crippen LogP contribution in [0.3, 0.4) is 0 Å². The third-order valence-corrected chi connectivity index (χ3v) is 2.86. The highest BCUT2D eigenvalue weighted by molar-refractivity contribution is 7.99. The van der Waals surface area contributed by atoms with Gasteiger partial charge in [-0.25, -0.2) is 0 Å². The summed E-state index contributed by atoms with van der Waals surface area (Å²) in [5.41, 5.74) is 5.13. The van der Waals surface area contributed by atoms with Gasteiger partial charge in [0.25, 0.3) is 0 Å². The van der Waals surface area contributed by atoms with Gasteiger partial charge in [0.2, 0.25) is 5.91 Å². The summed E-state index contributed by atoms with van der Waals surface area (Å²) in [4.78, 5) is 21.4. The molecule has 7 nitrogen and oxygen atoms in total. The Kier molecular flexibility index (Phi) is 4.95. The lowest BCUT2D eigenvalue weighted by molar-refractivity contribution is -0.133. The van der Waals surface area contributed by atoms with E-state index in [0.717, 1.165) is 18.2 Å². The topological polar surface area (TPSA) is 111 Å². The molecule has 0 atom stereocenters. The molecule has 0 unspecified atom stereocenters. The molecule has 0 saturated heterocycles. The molecule has 17 heavy (non-hydrogen) atoms. The van der Waals surface area contributed by atoms with Crippen LogP contribution in [-0.4, -0.2) is 37.5 Å². The van der Waals surface area contributed by atoms with E-state index >= 15 is 0 Å². The van der Waals surface area contributed by atoms with Gasteiger partial charge in [-0.15, -0.1) is 10.2 Å². The molecule has 1 rings (SSSR count). The molecule has 0 fully saturated rings. The first kappa shape index (κ1) is 13.5. The van der Waals surface area contributed by atoms with E-state index in [2.05, 4.69) is 10.2 Å². The number of hydrogen-bond donors (Lipinski definition) is 2. The smallest absolute Gasteiger partial charge is 0.313 e. The first-order valence-electron chi connectivity index (χ1n) is 5.09. The number of aliphatic carboxylic acids is 1. The molecule has 1 aromatic rings. The number of nitrogens with zero attached hydrogens (tertiary/aromatic N) is 3. The molecule has 1 aromatic heterocycles. The third-order valence-electron chi connectivity index (χ3n) is 1.91. The van der Waals surface area contributed by atoms with Gasteiger partial charge in [-0.1, -0.05) is 18.7 Å². The van der Waals surface area contributed by atoms with Crippen LogP contribution in [0, 0.1) is 0 Å². The van der Waals surface area contributed by atoms with Crippen molar-refractivity contribution >= 4 is 23.6 Å². The minimum absolute atomic E-state index is 0.0235. The molecule has 8 heteroatoms. The summed E-state index contributed by atoms with van der Waals surface area (Å²) >= 11 is 1.03. The number of nitrogens with two attached hydrogens (primary N) is 1. The van der Waals surface area contributed by atoms with E-state index in [4.69, 9.17) is 10.8 Å². The van der Waals surface area contributed by atoms with Gasteiger partial charge in [0.05, 0.1) is 5.75 Å². The maximum Gasteiger partial charge on any atom is 0.313 e. The lowest BCUT2D eigenvalue weighted by Crippen LogP contribution is -2.21. The minimum Gasteiger partial charge on any atom is -0.481 e. The van der Waals surface area contributed by atoms with Crippen molar-refractivity contribution in [1.29, 1.82) is 0 Å². The number of aromatic nitrogens is 3. The molecule has 94 valence electrons. The Bertz CT molecular complexity index is 418. The van der Waals surface area contributed by atoms with Gasteiger partial charge in [-0.05, 0) is 6.42 Å². The van der Waals surface area contributed by atoms with Gasteiger partial charge < -0.3 is 10.8 Å². The van der Waals surface area contributed by atoms with Crippen molar-refractivity contribution in [1.82, 2.24) is 14.8 Å². The van der Waals surface area contributed by atoms with Crippen molar-refractivity contribution in [2.75, 3.05) is 5.75 Å². The van der Waals surface area contributed by atoms with Gasteiger partial charge in [0, 0.05) is 6.42 Å². The largest absolute Gasteiger partial charge is 0.481 e. The second-order valence-corrected chi connectivity index (χ2v) is 4.33. The SMILES string of the molecule is CCCc1nnc(SCC(=O)O)n1CC(N)=O. The van der Waals surface area contributed by atoms with E-state index < -0.39 is 11.9 Å². The van der Waals surface area contributed by atoms with E-state index in [0.29, 0.717) is 17.4 Å². The molecule has 0 aromatic carbocycles. The number of carbonyl (C=O) groups is 2. The minimum atomic E-state index is -0.944. The number of amides is 1. The van der Waals surface area contributed by atoms with Crippen LogP contribution in [0.5, 0.6) is 0 Å². The number of primary amides is 1. The zero-order valence-electron chi connectivity index (χ0n) is 9.42. The van der Waals surface area contributed by atoms with Gasteiger partial charge in [-0.3, -0.25) is 14.2 Å². The molecule has 3 N–H and O–H groups in total. The first-order valence-corrected chi connectivity index (χ1v) is 6.08. The number of rotatable bonds is 7. The molecule has 0 spiro atoms. The molecule has 1 amide bonds. The predicted octanol–water partition coefficient (Wildman–Crippen LogP) is -0.107. The van der Waals surface area contributed by atoms with Gasteiger partial charge in [0.15, 0.2) is 5.16 Å². The third kappa shape index (κ3) is 4.06. The fraction of sp³-hybridized carbons (Fsp3) is 0.556. The summed E-state index contributed by atoms with van der Waals surface area (Å²) in [6, 6.07) is 0. The highest BCUT2D eigenvalue weighted by Crippen LogP contribution is 2.17. The van der Waals surface area contributed by atoms with Gasteiger partial charge in [-0.2, -0.15) is 0 Å². The van der Waals surface area contributed by atoms with Crippen LogP contribution in [0.4, 0.5) is 0 Å². The van der Waals surface area contributed by atoms with E-state index in [9.17, 15) is 9.59 Å². The lowest BCUT2D eigenvalue weighted by atomic mass is 10.3. The second kappa shape index (κ2) is 6.24. The predicted molar refractivity (Wildman–Crippen MR) is 61.6 cm³/mol. The maximum atomic E-state index is 10.9. The Balaban J connectivity index is 2.87. The highest BCUT2D eigenvalue weighted by Gasteiger charge is 2.14. The van der Waals surface area contributed by atoms with Crippen molar-refractivity contribution in [2.24, 2.45) is 5.73 Å². The van der Waals surface area contributed by atoms with Crippen molar-refractivity contribution in [3.8, 4) is 0 Å². The van der Waals surface area contributed by atoms with Crippen molar-refractivity contribution in [2.45, 2.75) is 31.5 Å².